The summed E-state index contributed by atoms with van der Waals surface area (Å²) >= 11 is 1.40. The zero-order chi connectivity index (χ0) is 17.6. The number of nitrogens with one attached hydrogen (secondary N) is 2. The highest BCUT2D eigenvalue weighted by Crippen LogP contribution is 2.22. The molecule has 0 radical (unpaired) electrons. The lowest BCUT2D eigenvalue weighted by Gasteiger charge is -2.31. The number of hydrogen-bond donors (Lipinski definition) is 2. The van der Waals surface area contributed by atoms with Gasteiger partial charge < -0.3 is 20.3 Å². The monoisotopic (exact) mass is 360 g/mol. The van der Waals surface area contributed by atoms with Crippen LogP contribution in [-0.2, 0) is 4.79 Å². The van der Waals surface area contributed by atoms with Crippen LogP contribution in [0.3, 0.4) is 0 Å². The van der Waals surface area contributed by atoms with Gasteiger partial charge in [-0.1, -0.05) is 6.07 Å². The van der Waals surface area contributed by atoms with Gasteiger partial charge in [0.2, 0.25) is 5.91 Å². The van der Waals surface area contributed by atoms with Gasteiger partial charge in [0.25, 0.3) is 0 Å². The first-order valence-corrected chi connectivity index (χ1v) is 8.94. The molecule has 1 aromatic carbocycles. The maximum atomic E-state index is 12.4. The quantitative estimate of drug-likeness (QED) is 0.878. The van der Waals surface area contributed by atoms with Crippen LogP contribution in [0.4, 0.5) is 15.6 Å². The van der Waals surface area contributed by atoms with Crippen LogP contribution in [0.25, 0.3) is 0 Å². The number of hydrogen-bond acceptors (Lipinski definition) is 5. The number of methoxy groups -OCH3 is 1. The number of carbonyl (C=O) groups excluding carboxylic acids is 2. The van der Waals surface area contributed by atoms with Crippen LogP contribution in [0.5, 0.6) is 5.75 Å². The molecule has 0 unspecified atom stereocenters. The summed E-state index contributed by atoms with van der Waals surface area (Å²) in [6.45, 7) is 1.09. The van der Waals surface area contributed by atoms with Gasteiger partial charge in [-0.2, -0.15) is 0 Å². The van der Waals surface area contributed by atoms with Crippen LogP contribution in [-0.4, -0.2) is 42.0 Å². The summed E-state index contributed by atoms with van der Waals surface area (Å²) in [5.74, 6) is 0.572. The van der Waals surface area contributed by atoms with Gasteiger partial charge in [-0.3, -0.25) is 4.79 Å². The fourth-order valence-electron chi connectivity index (χ4n) is 2.74. The Hall–Kier alpha value is -2.61. The van der Waals surface area contributed by atoms with Crippen molar-refractivity contribution in [3.05, 3.63) is 35.8 Å². The van der Waals surface area contributed by atoms with Crippen molar-refractivity contribution in [3.8, 4) is 5.75 Å². The number of urea groups is 1. The van der Waals surface area contributed by atoms with E-state index in [4.69, 9.17) is 4.74 Å². The van der Waals surface area contributed by atoms with Crippen LogP contribution in [0, 0.1) is 5.92 Å². The molecule has 0 atom stereocenters. The summed E-state index contributed by atoms with van der Waals surface area (Å²) in [5.41, 5.74) is 0.688. The largest absolute Gasteiger partial charge is 0.497 e. The summed E-state index contributed by atoms with van der Waals surface area (Å²) in [6, 6.07) is 7.07. The van der Waals surface area contributed by atoms with Crippen LogP contribution in [0.2, 0.25) is 0 Å². The van der Waals surface area contributed by atoms with Crippen molar-refractivity contribution >= 4 is 34.1 Å². The topological polar surface area (TPSA) is 83.6 Å². The summed E-state index contributed by atoms with van der Waals surface area (Å²) in [4.78, 5) is 30.4. The van der Waals surface area contributed by atoms with Crippen molar-refractivity contribution in [1.82, 2.24) is 9.88 Å². The normalized spacial score (nSPS) is 14.8. The standard InChI is InChI=1S/C17H20N4O3S/c1-24-14-4-2-3-13(11-14)19-17(23)21-8-5-12(6-9-21)15(22)20-16-18-7-10-25-16/h2-4,7,10-12H,5-6,8-9H2,1H3,(H,19,23)(H,18,20,22). The first-order valence-electron chi connectivity index (χ1n) is 8.06. The van der Waals surface area contributed by atoms with Crippen molar-refractivity contribution in [2.24, 2.45) is 5.92 Å². The van der Waals surface area contributed by atoms with Gasteiger partial charge in [0.05, 0.1) is 7.11 Å². The number of anilines is 2. The first-order chi connectivity index (χ1) is 12.2. The number of ether oxygens (including phenoxy) is 1. The molecule has 2 aromatic rings. The highest BCUT2D eigenvalue weighted by atomic mass is 32.1. The van der Waals surface area contributed by atoms with Gasteiger partial charge in [-0.25, -0.2) is 9.78 Å². The second kappa shape index (κ2) is 7.98. The Bertz CT molecular complexity index is 727. The molecule has 132 valence electrons. The summed E-state index contributed by atoms with van der Waals surface area (Å²) in [7, 11) is 1.59. The predicted molar refractivity (Wildman–Crippen MR) is 97.1 cm³/mol. The average molecular weight is 360 g/mol. The molecule has 0 spiro atoms. The fraction of sp³-hybridized carbons (Fsp3) is 0.353. The van der Waals surface area contributed by atoms with Crippen LogP contribution < -0.4 is 15.4 Å². The number of carbonyl (C=O) groups is 2. The van der Waals surface area contributed by atoms with Gasteiger partial charge in [-0.15, -0.1) is 11.3 Å². The molecular weight excluding hydrogens is 340 g/mol. The van der Waals surface area contributed by atoms with Gasteiger partial charge in [0, 0.05) is 42.3 Å². The number of rotatable bonds is 4. The van der Waals surface area contributed by atoms with E-state index in [0.717, 1.165) is 0 Å². The molecule has 8 heteroatoms. The minimum atomic E-state index is -0.160. The van der Waals surface area contributed by atoms with E-state index in [2.05, 4.69) is 15.6 Å². The van der Waals surface area contributed by atoms with Gasteiger partial charge in [-0.05, 0) is 25.0 Å². The van der Waals surface area contributed by atoms with Crippen molar-refractivity contribution < 1.29 is 14.3 Å². The van der Waals surface area contributed by atoms with Gasteiger partial charge in [0.1, 0.15) is 5.75 Å². The summed E-state index contributed by atoms with van der Waals surface area (Å²) in [5, 5.41) is 8.12. The smallest absolute Gasteiger partial charge is 0.321 e. The number of nitrogens with zero attached hydrogens (tertiary/aromatic N) is 2. The molecule has 2 heterocycles. The van der Waals surface area contributed by atoms with E-state index in [0.29, 0.717) is 42.5 Å². The third-order valence-corrected chi connectivity index (χ3v) is 4.82. The molecular formula is C17H20N4O3S. The average Bonchev–Trinajstić information content (AvgIpc) is 3.15. The van der Waals surface area contributed by atoms with Crippen LogP contribution in [0.15, 0.2) is 35.8 Å². The maximum Gasteiger partial charge on any atom is 0.321 e. The Morgan fingerprint density at radius 3 is 2.76 bits per heavy atom. The number of amides is 3. The molecule has 3 rings (SSSR count). The molecule has 0 saturated carbocycles. The number of likely N-dealkylation sites (tertiary alicyclic amines) is 1. The third kappa shape index (κ3) is 4.48. The Morgan fingerprint density at radius 1 is 1.28 bits per heavy atom. The first kappa shape index (κ1) is 17.2. The molecule has 0 bridgehead atoms. The second-order valence-corrected chi connectivity index (χ2v) is 6.64. The molecule has 1 saturated heterocycles. The van der Waals surface area contributed by atoms with Crippen molar-refractivity contribution in [1.29, 1.82) is 0 Å². The van der Waals surface area contributed by atoms with E-state index in [1.165, 1.54) is 11.3 Å². The highest BCUT2D eigenvalue weighted by Gasteiger charge is 2.27. The Balaban J connectivity index is 1.49. The molecule has 1 aromatic heterocycles. The molecule has 1 fully saturated rings. The highest BCUT2D eigenvalue weighted by molar-refractivity contribution is 7.13. The van der Waals surface area contributed by atoms with Gasteiger partial charge >= 0.3 is 6.03 Å². The number of thiazole rings is 1. The number of benzene rings is 1. The van der Waals surface area contributed by atoms with E-state index < -0.39 is 0 Å². The van der Waals surface area contributed by atoms with E-state index in [-0.39, 0.29) is 17.9 Å². The zero-order valence-corrected chi connectivity index (χ0v) is 14.7. The fourth-order valence-corrected chi connectivity index (χ4v) is 3.27. The lowest BCUT2D eigenvalue weighted by atomic mass is 9.96. The molecule has 25 heavy (non-hydrogen) atoms. The second-order valence-electron chi connectivity index (χ2n) is 5.75. The SMILES string of the molecule is COc1cccc(NC(=O)N2CCC(C(=O)Nc3nccs3)CC2)c1. The Labute approximate surface area is 150 Å². The number of piperidine rings is 1. The van der Waals surface area contributed by atoms with Crippen molar-refractivity contribution in [2.75, 3.05) is 30.8 Å². The lowest BCUT2D eigenvalue weighted by Crippen LogP contribution is -2.43. The minimum absolute atomic E-state index is 0.0252. The maximum absolute atomic E-state index is 12.4. The van der Waals surface area contributed by atoms with Crippen LogP contribution >= 0.6 is 11.3 Å². The lowest BCUT2D eigenvalue weighted by molar-refractivity contribution is -0.121. The Kier molecular flexibility index (Phi) is 5.49. The van der Waals surface area contributed by atoms with E-state index >= 15 is 0 Å². The van der Waals surface area contributed by atoms with Crippen molar-refractivity contribution in [2.45, 2.75) is 12.8 Å². The van der Waals surface area contributed by atoms with Crippen LogP contribution in [0.1, 0.15) is 12.8 Å². The molecule has 2 N–H and O–H groups in total. The molecule has 0 aliphatic carbocycles. The summed E-state index contributed by atoms with van der Waals surface area (Å²) < 4.78 is 5.15. The molecule has 3 amide bonds. The third-order valence-electron chi connectivity index (χ3n) is 4.14. The summed E-state index contributed by atoms with van der Waals surface area (Å²) in [6.07, 6.45) is 2.94. The van der Waals surface area contributed by atoms with Crippen molar-refractivity contribution in [3.63, 3.8) is 0 Å². The molecule has 1 aliphatic heterocycles. The van der Waals surface area contributed by atoms with E-state index in [1.54, 1.807) is 24.3 Å². The zero-order valence-electron chi connectivity index (χ0n) is 13.9. The Morgan fingerprint density at radius 2 is 2.08 bits per heavy atom. The molecule has 1 aliphatic rings. The number of aromatic nitrogens is 1. The van der Waals surface area contributed by atoms with E-state index in [9.17, 15) is 9.59 Å². The molecule has 7 nitrogen and oxygen atoms in total. The minimum Gasteiger partial charge on any atom is -0.497 e. The predicted octanol–water partition coefficient (Wildman–Crippen LogP) is 3.03. The van der Waals surface area contributed by atoms with E-state index in [1.807, 2.05) is 23.6 Å². The van der Waals surface area contributed by atoms with Gasteiger partial charge in [0.15, 0.2) is 5.13 Å².